The van der Waals surface area contributed by atoms with Crippen LogP contribution in [0.4, 0.5) is 10.8 Å². The number of nitrogens with two attached hydrogens (primary N) is 1. The van der Waals surface area contributed by atoms with Crippen molar-refractivity contribution < 1.29 is 4.74 Å². The SMILES string of the molecule is CCN1CCCC1CN(C)c1snc(N)c1OC. The summed E-state index contributed by atoms with van der Waals surface area (Å²) in [7, 11) is 3.73. The summed E-state index contributed by atoms with van der Waals surface area (Å²) in [6.45, 7) is 5.58. The van der Waals surface area contributed by atoms with Crippen molar-refractivity contribution in [1.82, 2.24) is 9.27 Å². The Morgan fingerprint density at radius 2 is 2.39 bits per heavy atom. The third-order valence-corrected chi connectivity index (χ3v) is 4.56. The molecular weight excluding hydrogens is 248 g/mol. The molecule has 1 aromatic rings. The van der Waals surface area contributed by atoms with Gasteiger partial charge in [-0.1, -0.05) is 6.92 Å². The third-order valence-electron chi connectivity index (χ3n) is 3.60. The lowest BCUT2D eigenvalue weighted by molar-refractivity contribution is 0.270. The summed E-state index contributed by atoms with van der Waals surface area (Å²) < 4.78 is 9.48. The molecule has 0 bridgehead atoms. The van der Waals surface area contributed by atoms with Crippen LogP contribution in [-0.2, 0) is 0 Å². The van der Waals surface area contributed by atoms with Gasteiger partial charge in [0.2, 0.25) is 0 Å². The van der Waals surface area contributed by atoms with Crippen molar-refractivity contribution in [2.45, 2.75) is 25.8 Å². The number of ether oxygens (including phenoxy) is 1. The van der Waals surface area contributed by atoms with Crippen molar-refractivity contribution in [2.24, 2.45) is 0 Å². The molecule has 2 N–H and O–H groups in total. The van der Waals surface area contributed by atoms with Crippen LogP contribution in [-0.4, -0.2) is 49.1 Å². The number of likely N-dealkylation sites (tertiary alicyclic amines) is 1. The zero-order valence-corrected chi connectivity index (χ0v) is 12.2. The minimum Gasteiger partial charge on any atom is -0.490 e. The second kappa shape index (κ2) is 5.75. The van der Waals surface area contributed by atoms with Gasteiger partial charge in [0.25, 0.3) is 0 Å². The first kappa shape index (κ1) is 13.4. The van der Waals surface area contributed by atoms with Crippen molar-refractivity contribution >= 4 is 22.4 Å². The molecule has 0 aliphatic carbocycles. The summed E-state index contributed by atoms with van der Waals surface area (Å²) in [4.78, 5) is 4.75. The molecule has 6 heteroatoms. The molecule has 2 rings (SSSR count). The van der Waals surface area contributed by atoms with Crippen LogP contribution < -0.4 is 15.4 Å². The van der Waals surface area contributed by atoms with E-state index in [1.54, 1.807) is 7.11 Å². The number of anilines is 2. The number of likely N-dealkylation sites (N-methyl/N-ethyl adjacent to an activating group) is 2. The number of hydrogen-bond donors (Lipinski definition) is 1. The normalized spacial score (nSPS) is 20.3. The zero-order chi connectivity index (χ0) is 13.1. The predicted molar refractivity (Wildman–Crippen MR) is 76.6 cm³/mol. The molecule has 0 aromatic carbocycles. The van der Waals surface area contributed by atoms with Crippen molar-refractivity contribution in [3.63, 3.8) is 0 Å². The Balaban J connectivity index is 2.05. The molecule has 1 aliphatic heterocycles. The van der Waals surface area contributed by atoms with Crippen molar-refractivity contribution in [3.8, 4) is 5.75 Å². The van der Waals surface area contributed by atoms with Gasteiger partial charge in [-0.2, -0.15) is 4.37 Å². The summed E-state index contributed by atoms with van der Waals surface area (Å²) >= 11 is 1.41. The van der Waals surface area contributed by atoms with Crippen LogP contribution in [0.15, 0.2) is 0 Å². The Hall–Kier alpha value is -1.01. The van der Waals surface area contributed by atoms with Gasteiger partial charge in [-0.25, -0.2) is 0 Å². The van der Waals surface area contributed by atoms with E-state index in [2.05, 4.69) is 28.1 Å². The van der Waals surface area contributed by atoms with E-state index in [9.17, 15) is 0 Å². The van der Waals surface area contributed by atoms with E-state index in [-0.39, 0.29) is 0 Å². The van der Waals surface area contributed by atoms with Crippen LogP contribution in [0.5, 0.6) is 5.75 Å². The van der Waals surface area contributed by atoms with Gasteiger partial charge >= 0.3 is 0 Å². The number of methoxy groups -OCH3 is 1. The summed E-state index contributed by atoms with van der Waals surface area (Å²) in [6.07, 6.45) is 2.57. The van der Waals surface area contributed by atoms with Gasteiger partial charge < -0.3 is 15.4 Å². The van der Waals surface area contributed by atoms with Gasteiger partial charge in [0, 0.05) is 19.6 Å². The fraction of sp³-hybridized carbons (Fsp3) is 0.750. The summed E-state index contributed by atoms with van der Waals surface area (Å²) in [5.74, 6) is 1.20. The standard InChI is InChI=1S/C12H22N4OS/c1-4-16-7-5-6-9(16)8-15(2)12-10(17-3)11(13)14-18-12/h9H,4-8H2,1-3H3,(H2,13,14). The van der Waals surface area contributed by atoms with Crippen molar-refractivity contribution in [3.05, 3.63) is 0 Å². The Morgan fingerprint density at radius 3 is 3.06 bits per heavy atom. The fourth-order valence-corrected chi connectivity index (χ4v) is 3.39. The Bertz CT molecular complexity index is 395. The van der Waals surface area contributed by atoms with E-state index in [1.165, 1.54) is 30.9 Å². The molecule has 18 heavy (non-hydrogen) atoms. The minimum absolute atomic E-state index is 0.489. The quantitative estimate of drug-likeness (QED) is 0.882. The molecule has 1 aliphatic rings. The topological polar surface area (TPSA) is 54.6 Å². The van der Waals surface area contributed by atoms with E-state index in [0.717, 1.165) is 18.1 Å². The molecule has 0 radical (unpaired) electrons. The Labute approximate surface area is 113 Å². The highest BCUT2D eigenvalue weighted by atomic mass is 32.1. The highest BCUT2D eigenvalue weighted by Crippen LogP contribution is 2.37. The molecule has 5 nitrogen and oxygen atoms in total. The second-order valence-electron chi connectivity index (χ2n) is 4.71. The smallest absolute Gasteiger partial charge is 0.197 e. The predicted octanol–water partition coefficient (Wildman–Crippen LogP) is 1.65. The van der Waals surface area contributed by atoms with Crippen LogP contribution in [0.25, 0.3) is 0 Å². The average molecular weight is 270 g/mol. The van der Waals surface area contributed by atoms with E-state index < -0.39 is 0 Å². The summed E-state index contributed by atoms with van der Waals surface area (Å²) in [5.41, 5.74) is 5.79. The Morgan fingerprint density at radius 1 is 1.61 bits per heavy atom. The Kier molecular flexibility index (Phi) is 4.29. The van der Waals surface area contributed by atoms with E-state index in [1.807, 2.05) is 0 Å². The number of nitrogens with zero attached hydrogens (tertiary/aromatic N) is 3. The van der Waals surface area contributed by atoms with Crippen molar-refractivity contribution in [1.29, 1.82) is 0 Å². The first-order valence-corrected chi connectivity index (χ1v) is 7.19. The highest BCUT2D eigenvalue weighted by Gasteiger charge is 2.26. The molecule has 0 amide bonds. The van der Waals surface area contributed by atoms with Gasteiger partial charge in [-0.3, -0.25) is 4.90 Å². The van der Waals surface area contributed by atoms with Gasteiger partial charge in [0.1, 0.15) is 0 Å². The number of aromatic nitrogens is 1. The monoisotopic (exact) mass is 270 g/mol. The molecule has 1 atom stereocenters. The molecule has 102 valence electrons. The van der Waals surface area contributed by atoms with Crippen LogP contribution in [0, 0.1) is 0 Å². The van der Waals surface area contributed by atoms with E-state index in [4.69, 9.17) is 10.5 Å². The molecule has 1 fully saturated rings. The van der Waals surface area contributed by atoms with Crippen LogP contribution in [0.3, 0.4) is 0 Å². The maximum absolute atomic E-state index is 5.79. The van der Waals surface area contributed by atoms with Gasteiger partial charge in [0.15, 0.2) is 16.6 Å². The molecule has 2 heterocycles. The highest BCUT2D eigenvalue weighted by molar-refractivity contribution is 7.11. The molecule has 0 saturated carbocycles. The lowest BCUT2D eigenvalue weighted by atomic mass is 10.2. The number of rotatable bonds is 5. The molecular formula is C12H22N4OS. The zero-order valence-electron chi connectivity index (χ0n) is 11.3. The maximum atomic E-state index is 5.79. The average Bonchev–Trinajstić information content (AvgIpc) is 2.95. The molecule has 0 spiro atoms. The molecule has 1 unspecified atom stereocenters. The van der Waals surface area contributed by atoms with Crippen LogP contribution >= 0.6 is 11.5 Å². The van der Waals surface area contributed by atoms with Crippen LogP contribution in [0.1, 0.15) is 19.8 Å². The molecule has 1 aromatic heterocycles. The van der Waals surface area contributed by atoms with Gasteiger partial charge in [-0.15, -0.1) is 0 Å². The van der Waals surface area contributed by atoms with Crippen molar-refractivity contribution in [2.75, 3.05) is 44.4 Å². The van der Waals surface area contributed by atoms with Gasteiger partial charge in [-0.05, 0) is 37.5 Å². The summed E-state index contributed by atoms with van der Waals surface area (Å²) in [6, 6.07) is 0.632. The van der Waals surface area contributed by atoms with Crippen LogP contribution in [0.2, 0.25) is 0 Å². The maximum Gasteiger partial charge on any atom is 0.197 e. The van der Waals surface area contributed by atoms with E-state index in [0.29, 0.717) is 17.6 Å². The minimum atomic E-state index is 0.489. The first-order chi connectivity index (χ1) is 8.67. The lowest BCUT2D eigenvalue weighted by Gasteiger charge is -2.28. The number of hydrogen-bond acceptors (Lipinski definition) is 6. The first-order valence-electron chi connectivity index (χ1n) is 6.41. The largest absolute Gasteiger partial charge is 0.490 e. The third kappa shape index (κ3) is 2.54. The fourth-order valence-electron chi connectivity index (χ4n) is 2.64. The number of nitrogen functional groups attached to an aromatic ring is 1. The molecule has 1 saturated heterocycles. The lowest BCUT2D eigenvalue weighted by Crippen LogP contribution is -2.38. The second-order valence-corrected chi connectivity index (χ2v) is 5.46. The van der Waals surface area contributed by atoms with E-state index >= 15 is 0 Å². The van der Waals surface area contributed by atoms with Gasteiger partial charge in [0.05, 0.1) is 7.11 Å². The summed E-state index contributed by atoms with van der Waals surface area (Å²) in [5, 5.41) is 1.03.